The number of carboxylic acids is 1. The number of rotatable bonds is 6. The van der Waals surface area contributed by atoms with Crippen molar-refractivity contribution in [1.82, 2.24) is 10.3 Å². The number of carbonyl (C=O) groups excluding carboxylic acids is 1. The normalized spacial score (nSPS) is 12.1. The molecule has 0 unspecified atom stereocenters. The molecule has 23 heavy (non-hydrogen) atoms. The summed E-state index contributed by atoms with van der Waals surface area (Å²) in [6.45, 7) is 4.66. The van der Waals surface area contributed by atoms with E-state index < -0.39 is 28.6 Å². The van der Waals surface area contributed by atoms with Crippen molar-refractivity contribution in [2.45, 2.75) is 32.4 Å². The summed E-state index contributed by atoms with van der Waals surface area (Å²) < 4.78 is 4.99. The van der Waals surface area contributed by atoms with E-state index in [2.05, 4.69) is 15.6 Å². The minimum atomic E-state index is -1.31. The number of hydrogen-bond acceptors (Lipinski definition) is 7. The Morgan fingerprint density at radius 2 is 2.13 bits per heavy atom. The average Bonchev–Trinajstić information content (AvgIpc) is 2.41. The quantitative estimate of drug-likeness (QED) is 0.525. The van der Waals surface area contributed by atoms with Crippen molar-refractivity contribution in [2.75, 3.05) is 11.9 Å². The van der Waals surface area contributed by atoms with E-state index in [4.69, 9.17) is 9.84 Å². The minimum absolute atomic E-state index is 0.198. The van der Waals surface area contributed by atoms with Crippen LogP contribution in [0.25, 0.3) is 0 Å². The van der Waals surface area contributed by atoms with Crippen LogP contribution in [0.2, 0.25) is 0 Å². The van der Waals surface area contributed by atoms with Crippen molar-refractivity contribution in [1.29, 1.82) is 0 Å². The summed E-state index contributed by atoms with van der Waals surface area (Å²) in [7, 11) is 0. The van der Waals surface area contributed by atoms with E-state index in [0.717, 1.165) is 0 Å². The lowest BCUT2D eigenvalue weighted by atomic mass is 10.2. The lowest BCUT2D eigenvalue weighted by molar-refractivity contribution is -0.384. The molecule has 1 amide bonds. The maximum absolute atomic E-state index is 11.5. The zero-order chi connectivity index (χ0) is 17.6. The van der Waals surface area contributed by atoms with Crippen LogP contribution in [0.1, 0.15) is 20.8 Å². The molecule has 0 saturated heterocycles. The third kappa shape index (κ3) is 6.16. The first-order chi connectivity index (χ1) is 10.6. The highest BCUT2D eigenvalue weighted by Crippen LogP contribution is 2.20. The van der Waals surface area contributed by atoms with E-state index in [9.17, 15) is 19.7 Å². The molecule has 1 aromatic heterocycles. The predicted molar refractivity (Wildman–Crippen MR) is 80.2 cm³/mol. The molecule has 0 aliphatic heterocycles. The molecule has 1 atom stereocenters. The van der Waals surface area contributed by atoms with Crippen LogP contribution in [0.15, 0.2) is 18.3 Å². The summed E-state index contributed by atoms with van der Waals surface area (Å²) in [5, 5.41) is 24.8. The minimum Gasteiger partial charge on any atom is -0.480 e. The van der Waals surface area contributed by atoms with E-state index in [-0.39, 0.29) is 18.1 Å². The van der Waals surface area contributed by atoms with Gasteiger partial charge in [-0.2, -0.15) is 0 Å². The van der Waals surface area contributed by atoms with Crippen LogP contribution in [0.3, 0.4) is 0 Å². The highest BCUT2D eigenvalue weighted by atomic mass is 16.6. The van der Waals surface area contributed by atoms with Crippen molar-refractivity contribution in [2.24, 2.45) is 0 Å². The third-order valence-electron chi connectivity index (χ3n) is 2.44. The van der Waals surface area contributed by atoms with Gasteiger partial charge in [0.25, 0.3) is 0 Å². The Labute approximate surface area is 132 Å². The molecule has 0 spiro atoms. The molecule has 0 saturated carbocycles. The van der Waals surface area contributed by atoms with Crippen LogP contribution >= 0.6 is 0 Å². The van der Waals surface area contributed by atoms with Gasteiger partial charge < -0.3 is 20.5 Å². The smallest absolute Gasteiger partial charge is 0.407 e. The standard InChI is InChI=1S/C13H18N4O6/c1-13(2,3)23-12(20)15-7-8(11(18)19)16-10-9(17(21)22)5-4-6-14-10/h4-6,8H,7H2,1-3H3,(H,14,16)(H,15,20)(H,18,19)/t8-/m0/s1. The van der Waals surface area contributed by atoms with Gasteiger partial charge in [0.1, 0.15) is 11.6 Å². The number of carbonyl (C=O) groups is 2. The maximum Gasteiger partial charge on any atom is 0.407 e. The van der Waals surface area contributed by atoms with Crippen LogP contribution < -0.4 is 10.6 Å². The summed E-state index contributed by atoms with van der Waals surface area (Å²) in [5.41, 5.74) is -1.09. The monoisotopic (exact) mass is 326 g/mol. The van der Waals surface area contributed by atoms with Gasteiger partial charge in [-0.3, -0.25) is 10.1 Å². The van der Waals surface area contributed by atoms with Crippen LogP contribution in [0.4, 0.5) is 16.3 Å². The Hall–Kier alpha value is -2.91. The fourth-order valence-electron chi connectivity index (χ4n) is 1.52. The summed E-state index contributed by atoms with van der Waals surface area (Å²) >= 11 is 0. The zero-order valence-electron chi connectivity index (χ0n) is 12.9. The molecule has 1 heterocycles. The van der Waals surface area contributed by atoms with Crippen molar-refractivity contribution in [3.8, 4) is 0 Å². The number of hydrogen-bond donors (Lipinski definition) is 3. The van der Waals surface area contributed by atoms with Crippen molar-refractivity contribution >= 4 is 23.6 Å². The van der Waals surface area contributed by atoms with Crippen LogP contribution in [-0.4, -0.2) is 45.3 Å². The maximum atomic E-state index is 11.5. The number of nitrogens with zero attached hydrogens (tertiary/aromatic N) is 2. The second-order valence-corrected chi connectivity index (χ2v) is 5.55. The number of aliphatic carboxylic acids is 1. The van der Waals surface area contributed by atoms with E-state index in [1.54, 1.807) is 20.8 Å². The fraction of sp³-hybridized carbons (Fsp3) is 0.462. The summed E-state index contributed by atoms with van der Waals surface area (Å²) in [6, 6.07) is 1.24. The number of aromatic nitrogens is 1. The average molecular weight is 326 g/mol. The molecule has 126 valence electrons. The van der Waals surface area contributed by atoms with Gasteiger partial charge in [-0.25, -0.2) is 14.6 Å². The Balaban J connectivity index is 2.76. The number of nitrogens with one attached hydrogen (secondary N) is 2. The predicted octanol–water partition coefficient (Wildman–Crippen LogP) is 1.38. The number of anilines is 1. The third-order valence-corrected chi connectivity index (χ3v) is 2.44. The molecule has 0 aliphatic carbocycles. The Bertz CT molecular complexity index is 598. The van der Waals surface area contributed by atoms with Crippen LogP contribution in [0.5, 0.6) is 0 Å². The molecule has 0 aliphatic rings. The zero-order valence-corrected chi connectivity index (χ0v) is 12.9. The first-order valence-corrected chi connectivity index (χ1v) is 6.66. The van der Waals surface area contributed by atoms with Crippen molar-refractivity contribution < 1.29 is 24.4 Å². The summed E-state index contributed by atoms with van der Waals surface area (Å²) in [5.74, 6) is -1.50. The van der Waals surface area contributed by atoms with Gasteiger partial charge in [-0.1, -0.05) is 0 Å². The highest BCUT2D eigenvalue weighted by molar-refractivity contribution is 5.79. The molecular weight excluding hydrogens is 308 g/mol. The number of nitro groups is 1. The van der Waals surface area contributed by atoms with Crippen LogP contribution in [0, 0.1) is 10.1 Å². The molecule has 0 aromatic carbocycles. The van der Waals surface area contributed by atoms with Gasteiger partial charge in [0, 0.05) is 12.3 Å². The Morgan fingerprint density at radius 3 is 2.65 bits per heavy atom. The number of pyridine rings is 1. The van der Waals surface area contributed by atoms with Crippen molar-refractivity contribution in [3.63, 3.8) is 0 Å². The second-order valence-electron chi connectivity index (χ2n) is 5.55. The van der Waals surface area contributed by atoms with Gasteiger partial charge in [0.05, 0.1) is 11.5 Å². The Morgan fingerprint density at radius 1 is 1.48 bits per heavy atom. The summed E-state index contributed by atoms with van der Waals surface area (Å²) in [6.07, 6.45) is 0.497. The molecule has 3 N–H and O–H groups in total. The molecule has 0 fully saturated rings. The van der Waals surface area contributed by atoms with E-state index in [0.29, 0.717) is 0 Å². The molecule has 0 bridgehead atoms. The number of amides is 1. The largest absolute Gasteiger partial charge is 0.480 e. The van der Waals surface area contributed by atoms with Crippen LogP contribution in [-0.2, 0) is 9.53 Å². The molecule has 1 rings (SSSR count). The van der Waals surface area contributed by atoms with E-state index in [1.165, 1.54) is 18.3 Å². The lowest BCUT2D eigenvalue weighted by Crippen LogP contribution is -2.43. The van der Waals surface area contributed by atoms with E-state index in [1.807, 2.05) is 0 Å². The van der Waals surface area contributed by atoms with Crippen molar-refractivity contribution in [3.05, 3.63) is 28.4 Å². The fourth-order valence-corrected chi connectivity index (χ4v) is 1.52. The Kier molecular flexibility index (Phi) is 5.82. The summed E-state index contributed by atoms with van der Waals surface area (Å²) in [4.78, 5) is 36.7. The molecule has 0 radical (unpaired) electrons. The molecule has 1 aromatic rings. The van der Waals surface area contributed by atoms with Gasteiger partial charge in [-0.05, 0) is 26.8 Å². The highest BCUT2D eigenvalue weighted by Gasteiger charge is 2.24. The first-order valence-electron chi connectivity index (χ1n) is 6.66. The molecular formula is C13H18N4O6. The van der Waals surface area contributed by atoms with E-state index >= 15 is 0 Å². The number of carboxylic acid groups (broad SMARTS) is 1. The van der Waals surface area contributed by atoms with Gasteiger partial charge in [-0.15, -0.1) is 0 Å². The molecule has 10 nitrogen and oxygen atoms in total. The van der Waals surface area contributed by atoms with Gasteiger partial charge in [0.2, 0.25) is 5.82 Å². The lowest BCUT2D eigenvalue weighted by Gasteiger charge is -2.21. The van der Waals surface area contributed by atoms with Gasteiger partial charge in [0.15, 0.2) is 0 Å². The SMILES string of the molecule is CC(C)(C)OC(=O)NC[C@H](Nc1ncccc1[N+](=O)[O-])C(=O)O. The number of alkyl carbamates (subject to hydrolysis) is 1. The van der Waals surface area contributed by atoms with Gasteiger partial charge >= 0.3 is 17.7 Å². The number of ether oxygens (including phenoxy) is 1. The first kappa shape index (κ1) is 18.1. The second kappa shape index (κ2) is 7.38. The molecule has 10 heteroatoms. The topological polar surface area (TPSA) is 144 Å².